The number of nitrogens with zero attached hydrogens (tertiary/aromatic N) is 3. The minimum Gasteiger partial charge on any atom is -0.465 e. The molecule has 0 aromatic carbocycles. The van der Waals surface area contributed by atoms with Gasteiger partial charge in [-0.15, -0.1) is 0 Å². The molecule has 114 valence electrons. The van der Waals surface area contributed by atoms with Crippen LogP contribution in [-0.4, -0.2) is 35.3 Å². The second-order valence-electron chi connectivity index (χ2n) is 4.82. The van der Waals surface area contributed by atoms with Crippen LogP contribution in [0.1, 0.15) is 25.3 Å². The Bertz CT molecular complexity index is 636. The fourth-order valence-corrected chi connectivity index (χ4v) is 2.44. The SMILES string of the molecule is CCOC(=O)C(C#N)C(c1cccnc1)C1N=C(C)NC1=O. The third-order valence-electron chi connectivity index (χ3n) is 3.35. The lowest BCUT2D eigenvalue weighted by Crippen LogP contribution is -2.37. The summed E-state index contributed by atoms with van der Waals surface area (Å²) in [5.41, 5.74) is 0.598. The van der Waals surface area contributed by atoms with Crippen molar-refractivity contribution in [2.24, 2.45) is 10.9 Å². The van der Waals surface area contributed by atoms with Crippen LogP contribution in [0.15, 0.2) is 29.5 Å². The molecule has 0 bridgehead atoms. The number of aliphatic imine (C=N–C) groups is 1. The molecule has 0 aliphatic carbocycles. The Morgan fingerprint density at radius 1 is 1.59 bits per heavy atom. The van der Waals surface area contributed by atoms with Gasteiger partial charge in [0.2, 0.25) is 0 Å². The number of nitrogens with one attached hydrogen (secondary N) is 1. The first-order chi connectivity index (χ1) is 10.6. The smallest absolute Gasteiger partial charge is 0.324 e. The highest BCUT2D eigenvalue weighted by Crippen LogP contribution is 2.32. The maximum Gasteiger partial charge on any atom is 0.324 e. The quantitative estimate of drug-likeness (QED) is 0.809. The first-order valence-corrected chi connectivity index (χ1v) is 6.90. The Balaban J connectivity index is 2.44. The number of hydrogen-bond donors (Lipinski definition) is 1. The van der Waals surface area contributed by atoms with Crippen molar-refractivity contribution in [3.8, 4) is 6.07 Å². The number of rotatable bonds is 5. The van der Waals surface area contributed by atoms with E-state index in [1.54, 1.807) is 32.2 Å². The summed E-state index contributed by atoms with van der Waals surface area (Å²) in [5, 5.41) is 12.0. The summed E-state index contributed by atoms with van der Waals surface area (Å²) < 4.78 is 4.96. The third kappa shape index (κ3) is 3.11. The topological polar surface area (TPSA) is 104 Å². The standard InChI is InChI=1S/C15H16N4O3/c1-3-22-15(21)11(7-16)12(10-5-4-6-17-8-10)13-14(20)19-9(2)18-13/h4-6,8,11-13H,3H2,1-2H3,(H,18,19,20). The molecule has 2 heterocycles. The molecule has 0 fully saturated rings. The molecule has 1 aliphatic heterocycles. The molecule has 1 N–H and O–H groups in total. The Hall–Kier alpha value is -2.75. The van der Waals surface area contributed by atoms with Gasteiger partial charge in [-0.2, -0.15) is 5.26 Å². The van der Waals surface area contributed by atoms with Crippen LogP contribution >= 0.6 is 0 Å². The number of nitriles is 1. The molecule has 7 heteroatoms. The van der Waals surface area contributed by atoms with Gasteiger partial charge in [-0.1, -0.05) is 6.07 Å². The minimum absolute atomic E-state index is 0.163. The molecule has 1 aromatic heterocycles. The van der Waals surface area contributed by atoms with Crippen molar-refractivity contribution in [1.82, 2.24) is 10.3 Å². The van der Waals surface area contributed by atoms with Crippen LogP contribution in [0.5, 0.6) is 0 Å². The van der Waals surface area contributed by atoms with E-state index >= 15 is 0 Å². The maximum atomic E-state index is 12.1. The molecule has 2 rings (SSSR count). The van der Waals surface area contributed by atoms with Crippen molar-refractivity contribution in [3.63, 3.8) is 0 Å². The Morgan fingerprint density at radius 3 is 2.86 bits per heavy atom. The van der Waals surface area contributed by atoms with Gasteiger partial charge >= 0.3 is 5.97 Å². The minimum atomic E-state index is -1.13. The zero-order valence-corrected chi connectivity index (χ0v) is 12.3. The van der Waals surface area contributed by atoms with Gasteiger partial charge in [0.25, 0.3) is 5.91 Å². The van der Waals surface area contributed by atoms with Gasteiger partial charge in [0.15, 0.2) is 5.92 Å². The highest BCUT2D eigenvalue weighted by molar-refractivity contribution is 6.05. The van der Waals surface area contributed by atoms with Gasteiger partial charge < -0.3 is 10.1 Å². The molecule has 0 saturated heterocycles. The normalized spacial score (nSPS) is 19.6. The highest BCUT2D eigenvalue weighted by Gasteiger charge is 2.42. The van der Waals surface area contributed by atoms with Crippen molar-refractivity contribution in [2.45, 2.75) is 25.8 Å². The number of pyridine rings is 1. The molecule has 0 saturated carbocycles. The van der Waals surface area contributed by atoms with Crippen LogP contribution < -0.4 is 5.32 Å². The number of amidine groups is 1. The molecule has 1 aromatic rings. The van der Waals surface area contributed by atoms with Crippen LogP contribution in [0.25, 0.3) is 0 Å². The summed E-state index contributed by atoms with van der Waals surface area (Å²) in [6.07, 6.45) is 3.11. The monoisotopic (exact) mass is 300 g/mol. The number of aromatic nitrogens is 1. The molecular formula is C15H16N4O3. The molecule has 0 spiro atoms. The average Bonchev–Trinajstić information content (AvgIpc) is 2.84. The zero-order valence-electron chi connectivity index (χ0n) is 12.3. The predicted octanol–water partition coefficient (Wildman–Crippen LogP) is 0.785. The molecule has 3 atom stereocenters. The van der Waals surface area contributed by atoms with Gasteiger partial charge in [0, 0.05) is 18.3 Å². The summed E-state index contributed by atoms with van der Waals surface area (Å²) in [5.74, 6) is -2.41. The van der Waals surface area contributed by atoms with E-state index in [1.807, 2.05) is 6.07 Å². The van der Waals surface area contributed by atoms with E-state index in [2.05, 4.69) is 15.3 Å². The van der Waals surface area contributed by atoms with Crippen LogP contribution in [0.4, 0.5) is 0 Å². The van der Waals surface area contributed by atoms with Gasteiger partial charge in [0.1, 0.15) is 11.9 Å². The highest BCUT2D eigenvalue weighted by atomic mass is 16.5. The van der Waals surface area contributed by atoms with Crippen LogP contribution in [0.2, 0.25) is 0 Å². The molecule has 3 unspecified atom stereocenters. The Morgan fingerprint density at radius 2 is 2.36 bits per heavy atom. The largest absolute Gasteiger partial charge is 0.465 e. The second kappa shape index (κ2) is 6.80. The summed E-state index contributed by atoms with van der Waals surface area (Å²) in [6.45, 7) is 3.48. The van der Waals surface area contributed by atoms with Crippen molar-refractivity contribution in [1.29, 1.82) is 5.26 Å². The summed E-state index contributed by atoms with van der Waals surface area (Å²) in [7, 11) is 0. The lowest BCUT2D eigenvalue weighted by atomic mass is 9.82. The van der Waals surface area contributed by atoms with E-state index in [0.29, 0.717) is 11.4 Å². The van der Waals surface area contributed by atoms with Gasteiger partial charge in [-0.25, -0.2) is 0 Å². The van der Waals surface area contributed by atoms with Gasteiger partial charge in [-0.3, -0.25) is 19.6 Å². The van der Waals surface area contributed by atoms with Crippen LogP contribution in [-0.2, 0) is 14.3 Å². The number of amides is 1. The molecule has 22 heavy (non-hydrogen) atoms. The number of hydrogen-bond acceptors (Lipinski definition) is 6. The van der Waals surface area contributed by atoms with Crippen molar-refractivity contribution in [3.05, 3.63) is 30.1 Å². The molecule has 1 amide bonds. The zero-order chi connectivity index (χ0) is 16.1. The lowest BCUT2D eigenvalue weighted by Gasteiger charge is -2.23. The third-order valence-corrected chi connectivity index (χ3v) is 3.35. The van der Waals surface area contributed by atoms with Crippen molar-refractivity contribution in [2.75, 3.05) is 6.61 Å². The van der Waals surface area contributed by atoms with Gasteiger partial charge in [0.05, 0.1) is 12.7 Å². The molecule has 7 nitrogen and oxygen atoms in total. The van der Waals surface area contributed by atoms with E-state index in [9.17, 15) is 14.9 Å². The lowest BCUT2D eigenvalue weighted by molar-refractivity contribution is -0.147. The first kappa shape index (κ1) is 15.6. The maximum absolute atomic E-state index is 12.1. The van der Waals surface area contributed by atoms with E-state index < -0.39 is 23.8 Å². The number of carbonyl (C=O) groups is 2. The number of esters is 1. The summed E-state index contributed by atoms with van der Waals surface area (Å²) >= 11 is 0. The average molecular weight is 300 g/mol. The Labute approximate surface area is 128 Å². The second-order valence-corrected chi connectivity index (χ2v) is 4.82. The molecular weight excluding hydrogens is 284 g/mol. The summed E-state index contributed by atoms with van der Waals surface area (Å²) in [4.78, 5) is 32.4. The Kier molecular flexibility index (Phi) is 4.84. The van der Waals surface area contributed by atoms with Gasteiger partial charge in [-0.05, 0) is 25.5 Å². The van der Waals surface area contributed by atoms with Crippen LogP contribution in [0.3, 0.4) is 0 Å². The van der Waals surface area contributed by atoms with E-state index in [1.165, 1.54) is 6.20 Å². The van der Waals surface area contributed by atoms with Crippen molar-refractivity contribution < 1.29 is 14.3 Å². The number of carbonyl (C=O) groups excluding carboxylic acids is 2. The molecule has 1 aliphatic rings. The fraction of sp³-hybridized carbons (Fsp3) is 0.400. The van der Waals surface area contributed by atoms with Crippen molar-refractivity contribution >= 4 is 17.7 Å². The predicted molar refractivity (Wildman–Crippen MR) is 77.8 cm³/mol. The van der Waals surface area contributed by atoms with E-state index in [4.69, 9.17) is 4.74 Å². The summed E-state index contributed by atoms with van der Waals surface area (Å²) in [6, 6.07) is 4.50. The van der Waals surface area contributed by atoms with E-state index in [-0.39, 0.29) is 12.5 Å². The molecule has 0 radical (unpaired) electrons. The first-order valence-electron chi connectivity index (χ1n) is 6.90. The van der Waals surface area contributed by atoms with Crippen LogP contribution in [0, 0.1) is 17.2 Å². The number of ether oxygens (including phenoxy) is 1. The fourth-order valence-electron chi connectivity index (χ4n) is 2.44. The van der Waals surface area contributed by atoms with E-state index in [0.717, 1.165) is 0 Å².